The molecule has 2 heteroatoms. The van der Waals surface area contributed by atoms with E-state index in [1.54, 1.807) is 7.11 Å². The first-order valence-electron chi connectivity index (χ1n) is 5.19. The van der Waals surface area contributed by atoms with E-state index in [9.17, 15) is 4.79 Å². The normalized spacial score (nSPS) is 11.2. The number of carbonyl (C=O) groups excluding carboxylic acids is 1. The van der Waals surface area contributed by atoms with Crippen molar-refractivity contribution in [3.05, 3.63) is 29.3 Å². The fourth-order valence-electron chi connectivity index (χ4n) is 1.45. The molecule has 0 N–H and O–H groups in total. The highest BCUT2D eigenvalue weighted by Crippen LogP contribution is 2.29. The lowest BCUT2D eigenvalue weighted by Crippen LogP contribution is -2.15. The first-order valence-corrected chi connectivity index (χ1v) is 5.19. The summed E-state index contributed by atoms with van der Waals surface area (Å²) in [6.07, 6.45) is 1.88. The Kier molecular flexibility index (Phi) is 3.51. The fourth-order valence-corrected chi connectivity index (χ4v) is 1.45. The predicted octanol–water partition coefficient (Wildman–Crippen LogP) is 3.20. The van der Waals surface area contributed by atoms with Crippen molar-refractivity contribution >= 4 is 6.29 Å². The van der Waals surface area contributed by atoms with E-state index in [1.807, 2.05) is 18.2 Å². The van der Waals surface area contributed by atoms with Crippen molar-refractivity contribution in [1.29, 1.82) is 0 Å². The number of hydrogen-bond acceptors (Lipinski definition) is 2. The molecule has 0 aliphatic heterocycles. The SMILES string of the molecule is CCC(C)(C)c1ccc(OC)c(C=O)c1. The van der Waals surface area contributed by atoms with E-state index in [-0.39, 0.29) is 5.41 Å². The van der Waals surface area contributed by atoms with Gasteiger partial charge in [0.25, 0.3) is 0 Å². The van der Waals surface area contributed by atoms with Crippen molar-refractivity contribution in [2.45, 2.75) is 32.6 Å². The van der Waals surface area contributed by atoms with Gasteiger partial charge in [0.2, 0.25) is 0 Å². The van der Waals surface area contributed by atoms with Gasteiger partial charge in [-0.15, -0.1) is 0 Å². The summed E-state index contributed by atoms with van der Waals surface area (Å²) in [5, 5.41) is 0. The van der Waals surface area contributed by atoms with Crippen LogP contribution in [0.3, 0.4) is 0 Å². The molecule has 0 heterocycles. The molecular weight excluding hydrogens is 188 g/mol. The smallest absolute Gasteiger partial charge is 0.153 e. The Hall–Kier alpha value is -1.31. The molecule has 0 aliphatic carbocycles. The lowest BCUT2D eigenvalue weighted by Gasteiger charge is -2.23. The Morgan fingerprint density at radius 2 is 2.07 bits per heavy atom. The van der Waals surface area contributed by atoms with Crippen molar-refractivity contribution in [2.75, 3.05) is 7.11 Å². The molecule has 0 saturated carbocycles. The number of carbonyl (C=O) groups is 1. The maximum atomic E-state index is 10.9. The summed E-state index contributed by atoms with van der Waals surface area (Å²) >= 11 is 0. The molecule has 0 bridgehead atoms. The van der Waals surface area contributed by atoms with Gasteiger partial charge in [0.15, 0.2) is 6.29 Å². The van der Waals surface area contributed by atoms with E-state index in [2.05, 4.69) is 20.8 Å². The van der Waals surface area contributed by atoms with E-state index in [0.717, 1.165) is 12.7 Å². The minimum Gasteiger partial charge on any atom is -0.496 e. The Bertz CT molecular complexity index is 354. The molecule has 82 valence electrons. The number of methoxy groups -OCH3 is 1. The second-order valence-electron chi connectivity index (χ2n) is 4.31. The molecule has 0 fully saturated rings. The third kappa shape index (κ3) is 2.38. The number of aldehydes is 1. The zero-order valence-corrected chi connectivity index (χ0v) is 9.83. The topological polar surface area (TPSA) is 26.3 Å². The van der Waals surface area contributed by atoms with Crippen LogP contribution in [0, 0.1) is 0 Å². The van der Waals surface area contributed by atoms with Gasteiger partial charge in [0.1, 0.15) is 5.75 Å². The average molecular weight is 206 g/mol. The predicted molar refractivity (Wildman–Crippen MR) is 61.7 cm³/mol. The second-order valence-corrected chi connectivity index (χ2v) is 4.31. The molecule has 0 aromatic heterocycles. The number of benzene rings is 1. The molecule has 0 aliphatic rings. The fraction of sp³-hybridized carbons (Fsp3) is 0.462. The van der Waals surface area contributed by atoms with Gasteiger partial charge in [-0.2, -0.15) is 0 Å². The molecule has 0 atom stereocenters. The second kappa shape index (κ2) is 4.47. The Balaban J connectivity index is 3.19. The van der Waals surface area contributed by atoms with E-state index in [4.69, 9.17) is 4.74 Å². The molecule has 0 saturated heterocycles. The van der Waals surface area contributed by atoms with Crippen LogP contribution in [0.25, 0.3) is 0 Å². The summed E-state index contributed by atoms with van der Waals surface area (Å²) in [6, 6.07) is 5.79. The summed E-state index contributed by atoms with van der Waals surface area (Å²) < 4.78 is 5.11. The van der Waals surface area contributed by atoms with Crippen LogP contribution in [-0.4, -0.2) is 13.4 Å². The van der Waals surface area contributed by atoms with Crippen molar-refractivity contribution in [3.63, 3.8) is 0 Å². The van der Waals surface area contributed by atoms with Gasteiger partial charge in [-0.05, 0) is 29.5 Å². The van der Waals surface area contributed by atoms with Crippen molar-refractivity contribution in [3.8, 4) is 5.75 Å². The van der Waals surface area contributed by atoms with E-state index < -0.39 is 0 Å². The monoisotopic (exact) mass is 206 g/mol. The van der Waals surface area contributed by atoms with Crippen LogP contribution >= 0.6 is 0 Å². The molecule has 0 unspecified atom stereocenters. The molecule has 15 heavy (non-hydrogen) atoms. The standard InChI is InChI=1S/C13H18O2/c1-5-13(2,3)11-6-7-12(15-4)10(8-11)9-14/h6-9H,5H2,1-4H3. The van der Waals surface area contributed by atoms with Crippen molar-refractivity contribution in [1.82, 2.24) is 0 Å². The van der Waals surface area contributed by atoms with E-state index >= 15 is 0 Å². The number of hydrogen-bond donors (Lipinski definition) is 0. The molecule has 1 rings (SSSR count). The zero-order chi connectivity index (χ0) is 11.5. The van der Waals surface area contributed by atoms with Gasteiger partial charge < -0.3 is 4.74 Å². The van der Waals surface area contributed by atoms with Gasteiger partial charge in [-0.25, -0.2) is 0 Å². The summed E-state index contributed by atoms with van der Waals surface area (Å²) in [6.45, 7) is 6.48. The Labute approximate surface area is 91.3 Å². The van der Waals surface area contributed by atoms with Crippen LogP contribution in [0.1, 0.15) is 43.1 Å². The van der Waals surface area contributed by atoms with Gasteiger partial charge in [0.05, 0.1) is 12.7 Å². The first kappa shape index (κ1) is 11.8. The number of ether oxygens (including phenoxy) is 1. The molecule has 1 aromatic carbocycles. The minimum absolute atomic E-state index is 0.101. The van der Waals surface area contributed by atoms with Gasteiger partial charge in [-0.1, -0.05) is 26.8 Å². The molecule has 0 radical (unpaired) electrons. The van der Waals surface area contributed by atoms with Crippen LogP contribution in [-0.2, 0) is 5.41 Å². The minimum atomic E-state index is 0.101. The maximum Gasteiger partial charge on any atom is 0.153 e. The summed E-state index contributed by atoms with van der Waals surface area (Å²) in [7, 11) is 1.58. The molecule has 0 amide bonds. The first-order chi connectivity index (χ1) is 7.05. The lowest BCUT2D eigenvalue weighted by molar-refractivity contribution is 0.112. The third-order valence-corrected chi connectivity index (χ3v) is 3.02. The Morgan fingerprint density at radius 1 is 1.40 bits per heavy atom. The van der Waals surface area contributed by atoms with Crippen molar-refractivity contribution in [2.24, 2.45) is 0 Å². The zero-order valence-electron chi connectivity index (χ0n) is 9.83. The van der Waals surface area contributed by atoms with E-state index in [0.29, 0.717) is 11.3 Å². The molecular formula is C13H18O2. The number of rotatable bonds is 4. The van der Waals surface area contributed by atoms with Gasteiger partial charge in [0, 0.05) is 0 Å². The highest BCUT2D eigenvalue weighted by molar-refractivity contribution is 5.79. The van der Waals surface area contributed by atoms with Crippen LogP contribution in [0.15, 0.2) is 18.2 Å². The summed E-state index contributed by atoms with van der Waals surface area (Å²) in [5.41, 5.74) is 1.90. The third-order valence-electron chi connectivity index (χ3n) is 3.02. The molecule has 2 nitrogen and oxygen atoms in total. The Morgan fingerprint density at radius 3 is 2.53 bits per heavy atom. The van der Waals surface area contributed by atoms with Gasteiger partial charge in [-0.3, -0.25) is 4.79 Å². The largest absolute Gasteiger partial charge is 0.496 e. The average Bonchev–Trinajstić information content (AvgIpc) is 2.28. The maximum absolute atomic E-state index is 10.9. The summed E-state index contributed by atoms with van der Waals surface area (Å²) in [5.74, 6) is 0.639. The quantitative estimate of drug-likeness (QED) is 0.707. The molecule has 0 spiro atoms. The van der Waals surface area contributed by atoms with Crippen LogP contribution in [0.5, 0.6) is 5.75 Å². The van der Waals surface area contributed by atoms with E-state index in [1.165, 1.54) is 5.56 Å². The molecule has 1 aromatic rings. The van der Waals surface area contributed by atoms with Gasteiger partial charge >= 0.3 is 0 Å². The lowest BCUT2D eigenvalue weighted by atomic mass is 9.81. The van der Waals surface area contributed by atoms with Crippen LogP contribution in [0.4, 0.5) is 0 Å². The highest BCUT2D eigenvalue weighted by atomic mass is 16.5. The highest BCUT2D eigenvalue weighted by Gasteiger charge is 2.19. The van der Waals surface area contributed by atoms with Crippen molar-refractivity contribution < 1.29 is 9.53 Å². The van der Waals surface area contributed by atoms with Crippen LogP contribution in [0.2, 0.25) is 0 Å². The summed E-state index contributed by atoms with van der Waals surface area (Å²) in [4.78, 5) is 10.9. The van der Waals surface area contributed by atoms with Crippen LogP contribution < -0.4 is 4.74 Å².